The third-order valence-corrected chi connectivity index (χ3v) is 5.27. The highest BCUT2D eigenvalue weighted by molar-refractivity contribution is 5.91. The van der Waals surface area contributed by atoms with Crippen molar-refractivity contribution in [2.75, 3.05) is 25.0 Å². The Morgan fingerprint density at radius 3 is 2.86 bits per heavy atom. The Balaban J connectivity index is 1.47. The number of nitrogens with zero attached hydrogens (tertiary/aromatic N) is 5. The lowest BCUT2D eigenvalue weighted by Crippen LogP contribution is -2.42. The zero-order valence-electron chi connectivity index (χ0n) is 16.4. The number of aryl methyl sites for hydroxylation is 1. The number of nitrogens with one attached hydrogen (secondary N) is 2. The van der Waals surface area contributed by atoms with Gasteiger partial charge in [-0.25, -0.2) is 14.5 Å². The standard InChI is InChI=1S/C20H25N7O/c1-4-26-11-13(2)17(12-26)24-20(28)25-19-8-15-9-23-27(18(15)10-22-19)16-5-6-21-14(3)7-16/h5-10,13,17H,4,11-12H2,1-3H3,(H2,22,24,25,28)/t13-,17-/m1/s1. The molecule has 0 radical (unpaired) electrons. The van der Waals surface area contributed by atoms with E-state index in [2.05, 4.69) is 44.4 Å². The van der Waals surface area contributed by atoms with E-state index in [-0.39, 0.29) is 12.1 Å². The van der Waals surface area contributed by atoms with Gasteiger partial charge in [0.05, 0.1) is 23.6 Å². The average molecular weight is 379 g/mol. The van der Waals surface area contributed by atoms with Crippen LogP contribution in [-0.4, -0.2) is 56.4 Å². The van der Waals surface area contributed by atoms with Crippen molar-refractivity contribution in [3.05, 3.63) is 42.5 Å². The quantitative estimate of drug-likeness (QED) is 0.727. The summed E-state index contributed by atoms with van der Waals surface area (Å²) in [5.74, 6) is 0.941. The van der Waals surface area contributed by atoms with Gasteiger partial charge in [0.1, 0.15) is 5.82 Å². The van der Waals surface area contributed by atoms with Crippen molar-refractivity contribution < 1.29 is 4.79 Å². The molecule has 1 fully saturated rings. The van der Waals surface area contributed by atoms with Crippen molar-refractivity contribution in [3.8, 4) is 5.69 Å². The highest BCUT2D eigenvalue weighted by Crippen LogP contribution is 2.20. The molecule has 8 heteroatoms. The normalized spacial score (nSPS) is 19.8. The lowest BCUT2D eigenvalue weighted by molar-refractivity contribution is 0.246. The predicted molar refractivity (Wildman–Crippen MR) is 109 cm³/mol. The van der Waals surface area contributed by atoms with Gasteiger partial charge in [-0.2, -0.15) is 5.10 Å². The van der Waals surface area contributed by atoms with Crippen molar-refractivity contribution in [1.82, 2.24) is 30.0 Å². The molecule has 1 aliphatic rings. The summed E-state index contributed by atoms with van der Waals surface area (Å²) in [5.41, 5.74) is 2.73. The Bertz CT molecular complexity index is 999. The zero-order valence-corrected chi connectivity index (χ0v) is 16.4. The number of hydrogen-bond acceptors (Lipinski definition) is 5. The topological polar surface area (TPSA) is 88.0 Å². The number of anilines is 1. The molecule has 0 aromatic carbocycles. The second-order valence-corrected chi connectivity index (χ2v) is 7.37. The van der Waals surface area contributed by atoms with E-state index >= 15 is 0 Å². The van der Waals surface area contributed by atoms with Crippen LogP contribution in [-0.2, 0) is 0 Å². The second-order valence-electron chi connectivity index (χ2n) is 7.37. The number of urea groups is 1. The lowest BCUT2D eigenvalue weighted by Gasteiger charge is -2.17. The third kappa shape index (κ3) is 3.68. The van der Waals surface area contributed by atoms with Gasteiger partial charge < -0.3 is 10.2 Å². The maximum atomic E-state index is 12.4. The molecule has 0 bridgehead atoms. The van der Waals surface area contributed by atoms with Crippen molar-refractivity contribution in [3.63, 3.8) is 0 Å². The molecule has 0 saturated carbocycles. The van der Waals surface area contributed by atoms with Crippen LogP contribution in [0.15, 0.2) is 36.8 Å². The first-order valence-electron chi connectivity index (χ1n) is 9.60. The second kappa shape index (κ2) is 7.55. The monoisotopic (exact) mass is 379 g/mol. The molecule has 2 amide bonds. The minimum atomic E-state index is -0.223. The summed E-state index contributed by atoms with van der Waals surface area (Å²) in [6.07, 6.45) is 5.26. The predicted octanol–water partition coefficient (Wildman–Crippen LogP) is 2.59. The van der Waals surface area contributed by atoms with Crippen LogP contribution in [0.5, 0.6) is 0 Å². The first-order valence-corrected chi connectivity index (χ1v) is 9.60. The molecule has 0 unspecified atom stereocenters. The largest absolute Gasteiger partial charge is 0.333 e. The van der Waals surface area contributed by atoms with Crippen LogP contribution in [0, 0.1) is 12.8 Å². The smallest absolute Gasteiger partial charge is 0.320 e. The summed E-state index contributed by atoms with van der Waals surface area (Å²) < 4.78 is 1.82. The summed E-state index contributed by atoms with van der Waals surface area (Å²) in [7, 11) is 0. The summed E-state index contributed by atoms with van der Waals surface area (Å²) in [5, 5.41) is 11.3. The van der Waals surface area contributed by atoms with Crippen LogP contribution in [0.2, 0.25) is 0 Å². The first kappa shape index (κ1) is 18.4. The number of amides is 2. The molecule has 2 N–H and O–H groups in total. The molecule has 3 aromatic heterocycles. The van der Waals surface area contributed by atoms with E-state index in [0.717, 1.165) is 41.9 Å². The van der Waals surface area contributed by atoms with Gasteiger partial charge in [0.2, 0.25) is 0 Å². The van der Waals surface area contributed by atoms with E-state index in [1.165, 1.54) is 0 Å². The number of fused-ring (bicyclic) bond motifs is 1. The van der Waals surface area contributed by atoms with E-state index in [4.69, 9.17) is 0 Å². The van der Waals surface area contributed by atoms with Crippen molar-refractivity contribution >= 4 is 22.8 Å². The Kier molecular flexibility index (Phi) is 4.95. The molecular weight excluding hydrogens is 354 g/mol. The summed E-state index contributed by atoms with van der Waals surface area (Å²) in [4.78, 5) is 23.4. The van der Waals surface area contributed by atoms with Gasteiger partial charge in [-0.3, -0.25) is 10.3 Å². The SMILES string of the molecule is CCN1C[C@@H](C)[C@H](NC(=O)Nc2cc3cnn(-c4ccnc(C)c4)c3cn2)C1. The van der Waals surface area contributed by atoms with Crippen LogP contribution < -0.4 is 10.6 Å². The number of carbonyl (C=O) groups is 1. The van der Waals surface area contributed by atoms with Gasteiger partial charge in [-0.1, -0.05) is 13.8 Å². The van der Waals surface area contributed by atoms with Crippen LogP contribution >= 0.6 is 0 Å². The Morgan fingerprint density at radius 2 is 2.11 bits per heavy atom. The fourth-order valence-electron chi connectivity index (χ4n) is 3.70. The van der Waals surface area contributed by atoms with Crippen LogP contribution in [0.4, 0.5) is 10.6 Å². The Labute approximate surface area is 164 Å². The molecule has 3 aromatic rings. The van der Waals surface area contributed by atoms with Gasteiger partial charge in [-0.05, 0) is 37.6 Å². The summed E-state index contributed by atoms with van der Waals surface area (Å²) in [6, 6.07) is 5.64. The number of carbonyl (C=O) groups excluding carboxylic acids is 1. The Hall–Kier alpha value is -3.00. The molecular formula is C20H25N7O. The fraction of sp³-hybridized carbons (Fsp3) is 0.400. The van der Waals surface area contributed by atoms with E-state index in [0.29, 0.717) is 11.7 Å². The summed E-state index contributed by atoms with van der Waals surface area (Å²) in [6.45, 7) is 9.15. The maximum absolute atomic E-state index is 12.4. The van der Waals surface area contributed by atoms with Crippen molar-refractivity contribution in [2.24, 2.45) is 5.92 Å². The van der Waals surface area contributed by atoms with Crippen LogP contribution in [0.25, 0.3) is 16.6 Å². The van der Waals surface area contributed by atoms with E-state index in [9.17, 15) is 4.79 Å². The molecule has 28 heavy (non-hydrogen) atoms. The maximum Gasteiger partial charge on any atom is 0.320 e. The summed E-state index contributed by atoms with van der Waals surface area (Å²) >= 11 is 0. The number of likely N-dealkylation sites (tertiary alicyclic amines) is 1. The number of rotatable bonds is 4. The van der Waals surface area contributed by atoms with Crippen molar-refractivity contribution in [1.29, 1.82) is 0 Å². The van der Waals surface area contributed by atoms with Gasteiger partial charge in [-0.15, -0.1) is 0 Å². The molecule has 2 atom stereocenters. The third-order valence-electron chi connectivity index (χ3n) is 5.27. The van der Waals surface area contributed by atoms with Gasteiger partial charge in [0.15, 0.2) is 0 Å². The minimum absolute atomic E-state index is 0.154. The molecule has 0 aliphatic carbocycles. The fourth-order valence-corrected chi connectivity index (χ4v) is 3.70. The van der Waals surface area contributed by atoms with Gasteiger partial charge >= 0.3 is 6.03 Å². The minimum Gasteiger partial charge on any atom is -0.333 e. The van der Waals surface area contributed by atoms with Crippen molar-refractivity contribution in [2.45, 2.75) is 26.8 Å². The molecule has 146 valence electrons. The van der Waals surface area contributed by atoms with Crippen LogP contribution in [0.1, 0.15) is 19.5 Å². The zero-order chi connectivity index (χ0) is 19.7. The first-order chi connectivity index (χ1) is 13.5. The molecule has 1 aliphatic heterocycles. The number of hydrogen-bond donors (Lipinski definition) is 2. The van der Waals surface area contributed by atoms with Gasteiger partial charge in [0.25, 0.3) is 0 Å². The molecule has 0 spiro atoms. The van der Waals surface area contributed by atoms with E-state index < -0.39 is 0 Å². The molecule has 4 heterocycles. The molecule has 1 saturated heterocycles. The highest BCUT2D eigenvalue weighted by atomic mass is 16.2. The highest BCUT2D eigenvalue weighted by Gasteiger charge is 2.29. The lowest BCUT2D eigenvalue weighted by atomic mass is 10.1. The number of likely N-dealkylation sites (N-methyl/N-ethyl adjacent to an activating group) is 1. The molecule has 4 rings (SSSR count). The van der Waals surface area contributed by atoms with E-state index in [1.54, 1.807) is 18.6 Å². The van der Waals surface area contributed by atoms with Gasteiger partial charge in [0, 0.05) is 36.4 Å². The molecule has 8 nitrogen and oxygen atoms in total. The van der Waals surface area contributed by atoms with E-state index in [1.807, 2.05) is 29.8 Å². The number of aromatic nitrogens is 4. The number of pyridine rings is 2. The Morgan fingerprint density at radius 1 is 1.25 bits per heavy atom. The average Bonchev–Trinajstić information content (AvgIpc) is 3.25. The van der Waals surface area contributed by atoms with Crippen LogP contribution in [0.3, 0.4) is 0 Å².